The molecule has 0 bridgehead atoms. The number of hydrogen-bond acceptors (Lipinski definition) is 2. The Labute approximate surface area is 127 Å². The first-order valence-electron chi connectivity index (χ1n) is 7.76. The van der Waals surface area contributed by atoms with Crippen LogP contribution in [0.4, 0.5) is 5.69 Å². The van der Waals surface area contributed by atoms with Gasteiger partial charge in [-0.25, -0.2) is 0 Å². The maximum Gasteiger partial charge on any atom is 0.119 e. The Balaban J connectivity index is 1.74. The van der Waals surface area contributed by atoms with Crippen molar-refractivity contribution in [2.45, 2.75) is 39.0 Å². The Hall–Kier alpha value is -1.96. The molecular weight excluding hydrogens is 258 g/mol. The molecule has 0 heterocycles. The van der Waals surface area contributed by atoms with Gasteiger partial charge in [0.25, 0.3) is 0 Å². The molecular formula is C19H25NO. The van der Waals surface area contributed by atoms with Gasteiger partial charge in [0.05, 0.1) is 6.61 Å². The number of rotatable bonds is 7. The molecule has 1 unspecified atom stereocenters. The van der Waals surface area contributed by atoms with Crippen LogP contribution in [0.5, 0.6) is 5.75 Å². The van der Waals surface area contributed by atoms with Gasteiger partial charge in [0.2, 0.25) is 0 Å². The molecule has 0 saturated carbocycles. The maximum atomic E-state index is 5.80. The van der Waals surface area contributed by atoms with Crippen LogP contribution in [-0.2, 0) is 6.42 Å². The van der Waals surface area contributed by atoms with E-state index in [0.717, 1.165) is 30.9 Å². The first kappa shape index (κ1) is 15.4. The molecule has 2 rings (SSSR count). The van der Waals surface area contributed by atoms with Crippen LogP contribution in [0.25, 0.3) is 0 Å². The zero-order valence-electron chi connectivity index (χ0n) is 13.0. The van der Waals surface area contributed by atoms with E-state index in [-0.39, 0.29) is 0 Å². The Morgan fingerprint density at radius 3 is 2.29 bits per heavy atom. The highest BCUT2D eigenvalue weighted by molar-refractivity contribution is 5.39. The van der Waals surface area contributed by atoms with E-state index in [2.05, 4.69) is 50.2 Å². The Morgan fingerprint density at radius 2 is 1.67 bits per heavy atom. The fourth-order valence-electron chi connectivity index (χ4n) is 2.28. The second-order valence-corrected chi connectivity index (χ2v) is 5.57. The van der Waals surface area contributed by atoms with Crippen LogP contribution >= 0.6 is 0 Å². The van der Waals surface area contributed by atoms with Crippen molar-refractivity contribution in [2.24, 2.45) is 0 Å². The van der Waals surface area contributed by atoms with Gasteiger partial charge in [-0.1, -0.05) is 38.1 Å². The van der Waals surface area contributed by atoms with E-state index in [4.69, 9.17) is 10.5 Å². The molecule has 112 valence electrons. The van der Waals surface area contributed by atoms with Gasteiger partial charge < -0.3 is 10.5 Å². The molecule has 0 spiro atoms. The lowest BCUT2D eigenvalue weighted by molar-refractivity contribution is 0.311. The SMILES string of the molecule is CCC(C)c1ccc(OCCCc2ccc(N)cc2)cc1. The Bertz CT molecular complexity index is 530. The van der Waals surface area contributed by atoms with Crippen LogP contribution in [0.3, 0.4) is 0 Å². The van der Waals surface area contributed by atoms with Crippen LogP contribution < -0.4 is 10.5 Å². The van der Waals surface area contributed by atoms with Crippen molar-refractivity contribution in [2.75, 3.05) is 12.3 Å². The number of anilines is 1. The lowest BCUT2D eigenvalue weighted by atomic mass is 9.99. The number of nitrogen functional groups attached to an aromatic ring is 1. The van der Waals surface area contributed by atoms with E-state index in [1.165, 1.54) is 17.5 Å². The molecule has 1 atom stereocenters. The molecule has 2 heteroatoms. The van der Waals surface area contributed by atoms with Crippen molar-refractivity contribution in [1.29, 1.82) is 0 Å². The summed E-state index contributed by atoms with van der Waals surface area (Å²) in [6, 6.07) is 16.5. The quantitative estimate of drug-likeness (QED) is 0.585. The standard InChI is InChI=1S/C19H25NO/c1-3-15(2)17-8-12-19(13-9-17)21-14-4-5-16-6-10-18(20)11-7-16/h6-13,15H,3-5,14,20H2,1-2H3. The number of aryl methyl sites for hydroxylation is 1. The summed E-state index contributed by atoms with van der Waals surface area (Å²) in [5.74, 6) is 1.57. The summed E-state index contributed by atoms with van der Waals surface area (Å²) in [7, 11) is 0. The summed E-state index contributed by atoms with van der Waals surface area (Å²) in [5.41, 5.74) is 9.18. The molecule has 0 amide bonds. The van der Waals surface area contributed by atoms with Gasteiger partial charge in [-0.2, -0.15) is 0 Å². The van der Waals surface area contributed by atoms with Crippen molar-refractivity contribution in [3.05, 3.63) is 59.7 Å². The third kappa shape index (κ3) is 4.82. The lowest BCUT2D eigenvalue weighted by Gasteiger charge is -2.11. The molecule has 0 aliphatic heterocycles. The highest BCUT2D eigenvalue weighted by atomic mass is 16.5. The van der Waals surface area contributed by atoms with Gasteiger partial charge in [0.1, 0.15) is 5.75 Å². The fourth-order valence-corrected chi connectivity index (χ4v) is 2.28. The average Bonchev–Trinajstić information content (AvgIpc) is 2.53. The zero-order valence-corrected chi connectivity index (χ0v) is 13.0. The van der Waals surface area contributed by atoms with Crippen LogP contribution in [0.15, 0.2) is 48.5 Å². The molecule has 2 aromatic rings. The molecule has 2 aromatic carbocycles. The minimum Gasteiger partial charge on any atom is -0.494 e. The largest absolute Gasteiger partial charge is 0.494 e. The molecule has 2 N–H and O–H groups in total. The van der Waals surface area contributed by atoms with Gasteiger partial charge in [-0.15, -0.1) is 0 Å². The van der Waals surface area contributed by atoms with Crippen molar-refractivity contribution in [1.82, 2.24) is 0 Å². The fraction of sp³-hybridized carbons (Fsp3) is 0.368. The number of benzene rings is 2. The van der Waals surface area contributed by atoms with Gasteiger partial charge in [-0.05, 0) is 60.6 Å². The van der Waals surface area contributed by atoms with Crippen LogP contribution in [-0.4, -0.2) is 6.61 Å². The zero-order chi connectivity index (χ0) is 15.1. The lowest BCUT2D eigenvalue weighted by Crippen LogP contribution is -2.00. The van der Waals surface area contributed by atoms with Crippen molar-refractivity contribution in [3.63, 3.8) is 0 Å². The smallest absolute Gasteiger partial charge is 0.119 e. The monoisotopic (exact) mass is 283 g/mol. The third-order valence-corrected chi connectivity index (χ3v) is 3.92. The summed E-state index contributed by atoms with van der Waals surface area (Å²) in [4.78, 5) is 0. The molecule has 2 nitrogen and oxygen atoms in total. The van der Waals surface area contributed by atoms with E-state index in [9.17, 15) is 0 Å². The number of ether oxygens (including phenoxy) is 1. The summed E-state index contributed by atoms with van der Waals surface area (Å²) < 4.78 is 5.80. The molecule has 0 radical (unpaired) electrons. The maximum absolute atomic E-state index is 5.80. The molecule has 0 saturated heterocycles. The predicted molar refractivity (Wildman–Crippen MR) is 89.8 cm³/mol. The van der Waals surface area contributed by atoms with E-state index in [1.54, 1.807) is 0 Å². The van der Waals surface area contributed by atoms with Gasteiger partial charge in [0.15, 0.2) is 0 Å². The molecule has 0 aromatic heterocycles. The molecule has 0 aliphatic carbocycles. The normalized spacial score (nSPS) is 12.1. The van der Waals surface area contributed by atoms with E-state index >= 15 is 0 Å². The first-order valence-corrected chi connectivity index (χ1v) is 7.76. The summed E-state index contributed by atoms with van der Waals surface area (Å²) >= 11 is 0. The minimum absolute atomic E-state index is 0.615. The van der Waals surface area contributed by atoms with Gasteiger partial charge >= 0.3 is 0 Å². The predicted octanol–water partition coefficient (Wildman–Crippen LogP) is 4.79. The Kier molecular flexibility index (Phi) is 5.68. The number of nitrogens with two attached hydrogens (primary N) is 1. The molecule has 21 heavy (non-hydrogen) atoms. The molecule has 0 fully saturated rings. The summed E-state index contributed by atoms with van der Waals surface area (Å²) in [6.45, 7) is 5.21. The number of hydrogen-bond donors (Lipinski definition) is 1. The second-order valence-electron chi connectivity index (χ2n) is 5.57. The van der Waals surface area contributed by atoms with Crippen molar-refractivity contribution >= 4 is 5.69 Å². The topological polar surface area (TPSA) is 35.2 Å². The average molecular weight is 283 g/mol. The summed E-state index contributed by atoms with van der Waals surface area (Å²) in [6.07, 6.45) is 3.20. The summed E-state index contributed by atoms with van der Waals surface area (Å²) in [5, 5.41) is 0. The highest BCUT2D eigenvalue weighted by Crippen LogP contribution is 2.21. The third-order valence-electron chi connectivity index (χ3n) is 3.92. The van der Waals surface area contributed by atoms with E-state index in [1.807, 2.05) is 12.1 Å². The van der Waals surface area contributed by atoms with Gasteiger partial charge in [-0.3, -0.25) is 0 Å². The first-order chi connectivity index (χ1) is 10.2. The van der Waals surface area contributed by atoms with Crippen LogP contribution in [0.2, 0.25) is 0 Å². The molecule has 0 aliphatic rings. The van der Waals surface area contributed by atoms with E-state index < -0.39 is 0 Å². The second kappa shape index (κ2) is 7.72. The van der Waals surface area contributed by atoms with Crippen LogP contribution in [0, 0.1) is 0 Å². The van der Waals surface area contributed by atoms with Crippen molar-refractivity contribution < 1.29 is 4.74 Å². The van der Waals surface area contributed by atoms with Crippen LogP contribution in [0.1, 0.15) is 43.7 Å². The highest BCUT2D eigenvalue weighted by Gasteiger charge is 2.02. The van der Waals surface area contributed by atoms with E-state index in [0.29, 0.717) is 5.92 Å². The van der Waals surface area contributed by atoms with Crippen molar-refractivity contribution in [3.8, 4) is 5.75 Å². The Morgan fingerprint density at radius 1 is 1.00 bits per heavy atom. The minimum atomic E-state index is 0.615. The van der Waals surface area contributed by atoms with Gasteiger partial charge in [0, 0.05) is 5.69 Å².